The van der Waals surface area contributed by atoms with Crippen LogP contribution >= 0.6 is 11.8 Å². The van der Waals surface area contributed by atoms with Crippen molar-refractivity contribution in [2.75, 3.05) is 6.26 Å². The fraction of sp³-hybridized carbons (Fsp3) is 0.636. The average Bonchev–Trinajstić information content (AvgIpc) is 2.95. The molecule has 94 valence electrons. The molecular formula is C11H16N2O3S. The van der Waals surface area contributed by atoms with Crippen LogP contribution in [0.15, 0.2) is 16.5 Å². The zero-order chi connectivity index (χ0) is 12.3. The topological polar surface area (TPSA) is 68.3 Å². The summed E-state index contributed by atoms with van der Waals surface area (Å²) in [5.41, 5.74) is 0. The summed E-state index contributed by atoms with van der Waals surface area (Å²) in [5, 5.41) is 14.6. The van der Waals surface area contributed by atoms with E-state index in [0.29, 0.717) is 18.3 Å². The third kappa shape index (κ3) is 3.23. The number of nitrogens with zero attached hydrogens (tertiary/aromatic N) is 1. The van der Waals surface area contributed by atoms with Crippen molar-refractivity contribution < 1.29 is 9.34 Å². The van der Waals surface area contributed by atoms with E-state index in [1.165, 1.54) is 25.3 Å². The maximum absolute atomic E-state index is 10.4. The van der Waals surface area contributed by atoms with Crippen LogP contribution in [0.3, 0.4) is 0 Å². The Kier molecular flexibility index (Phi) is 4.06. The Hall–Kier alpha value is -1.01. The molecule has 0 spiro atoms. The maximum atomic E-state index is 10.4. The van der Waals surface area contributed by atoms with Crippen molar-refractivity contribution in [2.24, 2.45) is 0 Å². The largest absolute Gasteiger partial charge is 0.433 e. The molecule has 2 atom stereocenters. The Morgan fingerprint density at radius 1 is 1.59 bits per heavy atom. The van der Waals surface area contributed by atoms with Gasteiger partial charge in [0.15, 0.2) is 0 Å². The fourth-order valence-electron chi connectivity index (χ4n) is 2.14. The summed E-state index contributed by atoms with van der Waals surface area (Å²) in [6.45, 7) is 0.569. The molecule has 0 saturated heterocycles. The van der Waals surface area contributed by atoms with Crippen LogP contribution in [-0.2, 0) is 6.54 Å². The lowest BCUT2D eigenvalue weighted by Crippen LogP contribution is -2.25. The van der Waals surface area contributed by atoms with E-state index in [0.717, 1.165) is 5.25 Å². The normalized spacial score (nSPS) is 24.1. The van der Waals surface area contributed by atoms with Crippen molar-refractivity contribution in [2.45, 2.75) is 37.1 Å². The summed E-state index contributed by atoms with van der Waals surface area (Å²) >= 11 is 1.91. The minimum Gasteiger partial charge on any atom is -0.404 e. The van der Waals surface area contributed by atoms with E-state index < -0.39 is 4.92 Å². The fourth-order valence-corrected chi connectivity index (χ4v) is 2.94. The molecule has 6 heteroatoms. The summed E-state index contributed by atoms with van der Waals surface area (Å²) < 4.78 is 5.09. The molecule has 0 aliphatic heterocycles. The summed E-state index contributed by atoms with van der Waals surface area (Å²) in [7, 11) is 0. The number of thioether (sulfide) groups is 1. The SMILES string of the molecule is CSC1CCC(NCc2ccc([N+](=O)[O-])o2)C1. The van der Waals surface area contributed by atoms with Gasteiger partial charge in [-0.3, -0.25) is 10.1 Å². The van der Waals surface area contributed by atoms with Crippen LogP contribution in [0, 0.1) is 10.1 Å². The molecule has 1 aromatic heterocycles. The van der Waals surface area contributed by atoms with Gasteiger partial charge in [-0.2, -0.15) is 11.8 Å². The third-order valence-electron chi connectivity index (χ3n) is 3.11. The molecule has 1 fully saturated rings. The van der Waals surface area contributed by atoms with Crippen LogP contribution in [0.2, 0.25) is 0 Å². The van der Waals surface area contributed by atoms with Crippen LogP contribution in [0.1, 0.15) is 25.0 Å². The van der Waals surface area contributed by atoms with Gasteiger partial charge >= 0.3 is 5.88 Å². The molecule has 1 aliphatic carbocycles. The number of hydrogen-bond acceptors (Lipinski definition) is 5. The van der Waals surface area contributed by atoms with Crippen molar-refractivity contribution in [3.63, 3.8) is 0 Å². The maximum Gasteiger partial charge on any atom is 0.433 e. The summed E-state index contributed by atoms with van der Waals surface area (Å²) in [6, 6.07) is 3.57. The average molecular weight is 256 g/mol. The van der Waals surface area contributed by atoms with E-state index >= 15 is 0 Å². The molecule has 0 amide bonds. The minimum absolute atomic E-state index is 0.185. The van der Waals surface area contributed by atoms with Gasteiger partial charge in [-0.25, -0.2) is 0 Å². The van der Waals surface area contributed by atoms with Crippen molar-refractivity contribution in [3.8, 4) is 0 Å². The number of hydrogen-bond donors (Lipinski definition) is 1. The van der Waals surface area contributed by atoms with Gasteiger partial charge in [0.2, 0.25) is 0 Å². The van der Waals surface area contributed by atoms with Gasteiger partial charge in [0.25, 0.3) is 0 Å². The number of furan rings is 1. The zero-order valence-electron chi connectivity index (χ0n) is 9.72. The highest BCUT2D eigenvalue weighted by atomic mass is 32.2. The number of rotatable bonds is 5. The lowest BCUT2D eigenvalue weighted by molar-refractivity contribution is -0.402. The Morgan fingerprint density at radius 3 is 3.00 bits per heavy atom. The number of nitro groups is 1. The minimum atomic E-state index is -0.511. The molecule has 5 nitrogen and oxygen atoms in total. The first-order valence-corrected chi connectivity index (χ1v) is 6.97. The van der Waals surface area contributed by atoms with Crippen molar-refractivity contribution in [1.29, 1.82) is 0 Å². The van der Waals surface area contributed by atoms with Crippen molar-refractivity contribution >= 4 is 17.6 Å². The molecule has 2 unspecified atom stereocenters. The van der Waals surface area contributed by atoms with E-state index in [4.69, 9.17) is 4.42 Å². The summed E-state index contributed by atoms with van der Waals surface area (Å²) in [6.07, 6.45) is 5.73. The lowest BCUT2D eigenvalue weighted by Gasteiger charge is -2.10. The van der Waals surface area contributed by atoms with E-state index in [9.17, 15) is 10.1 Å². The van der Waals surface area contributed by atoms with E-state index in [1.54, 1.807) is 6.07 Å². The zero-order valence-corrected chi connectivity index (χ0v) is 10.5. The van der Waals surface area contributed by atoms with Crippen LogP contribution in [0.5, 0.6) is 0 Å². The molecule has 0 bridgehead atoms. The smallest absolute Gasteiger partial charge is 0.404 e. The van der Waals surface area contributed by atoms with Gasteiger partial charge in [0, 0.05) is 11.3 Å². The van der Waals surface area contributed by atoms with Crippen LogP contribution in [0.4, 0.5) is 5.88 Å². The Morgan fingerprint density at radius 2 is 2.41 bits per heavy atom. The monoisotopic (exact) mass is 256 g/mol. The second-order valence-corrected chi connectivity index (χ2v) is 5.38. The van der Waals surface area contributed by atoms with E-state index in [1.807, 2.05) is 11.8 Å². The highest BCUT2D eigenvalue weighted by molar-refractivity contribution is 7.99. The van der Waals surface area contributed by atoms with Crippen molar-refractivity contribution in [3.05, 3.63) is 28.0 Å². The van der Waals surface area contributed by atoms with Gasteiger partial charge in [-0.15, -0.1) is 0 Å². The van der Waals surface area contributed by atoms with Gasteiger partial charge in [0.1, 0.15) is 10.7 Å². The first kappa shape index (κ1) is 12.4. The molecule has 1 saturated carbocycles. The first-order chi connectivity index (χ1) is 8.19. The van der Waals surface area contributed by atoms with Gasteiger partial charge in [-0.1, -0.05) is 0 Å². The van der Waals surface area contributed by atoms with Crippen LogP contribution < -0.4 is 5.32 Å². The molecule has 2 rings (SSSR count). The molecule has 0 aromatic carbocycles. The highest BCUT2D eigenvalue weighted by Gasteiger charge is 2.23. The molecular weight excluding hydrogens is 240 g/mol. The van der Waals surface area contributed by atoms with Gasteiger partial charge in [0.05, 0.1) is 12.6 Å². The lowest BCUT2D eigenvalue weighted by atomic mass is 10.2. The third-order valence-corrected chi connectivity index (χ3v) is 4.21. The molecule has 1 aliphatic rings. The molecule has 0 radical (unpaired) electrons. The second kappa shape index (κ2) is 5.55. The van der Waals surface area contributed by atoms with Gasteiger partial charge < -0.3 is 9.73 Å². The number of nitrogens with one attached hydrogen (secondary N) is 1. The predicted molar refractivity (Wildman–Crippen MR) is 67.1 cm³/mol. The van der Waals surface area contributed by atoms with E-state index in [2.05, 4.69) is 11.6 Å². The first-order valence-electron chi connectivity index (χ1n) is 5.68. The van der Waals surface area contributed by atoms with Gasteiger partial charge in [-0.05, 0) is 31.6 Å². The van der Waals surface area contributed by atoms with Crippen molar-refractivity contribution in [1.82, 2.24) is 5.32 Å². The predicted octanol–water partition coefficient (Wildman–Crippen LogP) is 2.56. The van der Waals surface area contributed by atoms with Crippen LogP contribution in [-0.4, -0.2) is 22.5 Å². The standard InChI is InChI=1S/C11H16N2O3S/c1-17-10-4-2-8(6-10)12-7-9-3-5-11(16-9)13(14)15/h3,5,8,10,12H,2,4,6-7H2,1H3. The van der Waals surface area contributed by atoms with Crippen LogP contribution in [0.25, 0.3) is 0 Å². The molecule has 1 N–H and O–H groups in total. The molecule has 1 aromatic rings. The Bertz CT molecular complexity index is 394. The Labute approximate surface area is 104 Å². The van der Waals surface area contributed by atoms with E-state index in [-0.39, 0.29) is 5.88 Å². The highest BCUT2D eigenvalue weighted by Crippen LogP contribution is 2.28. The quantitative estimate of drug-likeness (QED) is 0.647. The second-order valence-electron chi connectivity index (χ2n) is 4.25. The molecule has 17 heavy (non-hydrogen) atoms. The Balaban J connectivity index is 1.80. The summed E-state index contributed by atoms with van der Waals surface area (Å²) in [5.74, 6) is 0.444. The molecule has 1 heterocycles. The summed E-state index contributed by atoms with van der Waals surface area (Å²) in [4.78, 5) is 9.93.